The van der Waals surface area contributed by atoms with Crippen molar-refractivity contribution in [3.8, 4) is 0 Å². The van der Waals surface area contributed by atoms with E-state index in [0.717, 1.165) is 22.5 Å². The van der Waals surface area contributed by atoms with Crippen LogP contribution in [0.1, 0.15) is 38.1 Å². The summed E-state index contributed by atoms with van der Waals surface area (Å²) in [5.74, 6) is -3.14. The molecule has 28 heavy (non-hydrogen) atoms. The maximum atomic E-state index is 14.0. The summed E-state index contributed by atoms with van der Waals surface area (Å²) in [7, 11) is -3.91. The zero-order valence-corrected chi connectivity index (χ0v) is 16.9. The summed E-state index contributed by atoms with van der Waals surface area (Å²) >= 11 is 0. The van der Waals surface area contributed by atoms with Crippen molar-refractivity contribution in [2.24, 2.45) is 0 Å². The second kappa shape index (κ2) is 10.1. The van der Waals surface area contributed by atoms with Gasteiger partial charge in [-0.25, -0.2) is 22.4 Å². The van der Waals surface area contributed by atoms with Crippen molar-refractivity contribution < 1.29 is 31.9 Å². The van der Waals surface area contributed by atoms with E-state index in [9.17, 15) is 27.2 Å². The molecule has 156 valence electrons. The molecule has 0 atom stereocenters. The summed E-state index contributed by atoms with van der Waals surface area (Å²) in [5, 5.41) is 4.34. The second-order valence-corrected chi connectivity index (χ2v) is 7.92. The Balaban J connectivity index is 2.89. The number of ether oxygens (including phenoxy) is 1. The van der Waals surface area contributed by atoms with E-state index < -0.39 is 45.9 Å². The van der Waals surface area contributed by atoms with Gasteiger partial charge in [-0.15, -0.1) is 0 Å². The molecule has 2 N–H and O–H groups in total. The van der Waals surface area contributed by atoms with E-state index in [1.165, 1.54) is 0 Å². The minimum absolute atomic E-state index is 0.203. The third-order valence-corrected chi connectivity index (χ3v) is 5.55. The Bertz CT molecular complexity index is 837. The van der Waals surface area contributed by atoms with Crippen molar-refractivity contribution in [1.82, 2.24) is 14.9 Å². The number of nitrogens with one attached hydrogen (secondary N) is 2. The molecule has 0 aliphatic carbocycles. The number of sulfonamides is 1. The molecule has 0 saturated carbocycles. The van der Waals surface area contributed by atoms with Gasteiger partial charge in [-0.2, -0.15) is 4.31 Å². The lowest BCUT2D eigenvalue weighted by Gasteiger charge is -2.18. The summed E-state index contributed by atoms with van der Waals surface area (Å²) in [6, 6.07) is 1.76. The molecule has 11 heteroatoms. The number of carbonyl (C=O) groups is 3. The fourth-order valence-corrected chi connectivity index (χ4v) is 3.69. The Morgan fingerprint density at radius 1 is 1.18 bits per heavy atom. The maximum Gasteiger partial charge on any atom is 0.341 e. The number of urea groups is 1. The zero-order chi connectivity index (χ0) is 21.5. The van der Waals surface area contributed by atoms with Crippen LogP contribution in [0, 0.1) is 5.82 Å². The first-order valence-corrected chi connectivity index (χ1v) is 10.0. The number of nitrogens with zero attached hydrogens (tertiary/aromatic N) is 1. The molecule has 0 saturated heterocycles. The van der Waals surface area contributed by atoms with Crippen LogP contribution in [-0.4, -0.2) is 56.4 Å². The molecule has 1 aromatic carbocycles. The number of carbonyl (C=O) groups excluding carboxylic acids is 3. The maximum absolute atomic E-state index is 14.0. The van der Waals surface area contributed by atoms with Crippen molar-refractivity contribution in [2.75, 3.05) is 19.7 Å². The van der Waals surface area contributed by atoms with E-state index in [-0.39, 0.29) is 24.0 Å². The number of hydrogen-bond donors (Lipinski definition) is 2. The van der Waals surface area contributed by atoms with Crippen LogP contribution in [0.4, 0.5) is 9.18 Å². The lowest BCUT2D eigenvalue weighted by Crippen LogP contribution is -2.44. The monoisotopic (exact) mass is 417 g/mol. The van der Waals surface area contributed by atoms with Crippen LogP contribution >= 0.6 is 0 Å². The van der Waals surface area contributed by atoms with E-state index in [1.54, 1.807) is 27.7 Å². The first-order chi connectivity index (χ1) is 13.0. The average Bonchev–Trinajstić information content (AvgIpc) is 2.59. The van der Waals surface area contributed by atoms with Crippen molar-refractivity contribution in [3.05, 3.63) is 29.6 Å². The number of halogens is 1. The van der Waals surface area contributed by atoms with Gasteiger partial charge in [-0.05, 0) is 32.0 Å². The van der Waals surface area contributed by atoms with Crippen LogP contribution in [0.5, 0.6) is 0 Å². The molecule has 1 rings (SSSR count). The van der Waals surface area contributed by atoms with Crippen molar-refractivity contribution >= 4 is 27.9 Å². The predicted octanol–water partition coefficient (Wildman–Crippen LogP) is 1.25. The Labute approximate surface area is 163 Å². The van der Waals surface area contributed by atoms with Crippen LogP contribution in [0.15, 0.2) is 23.1 Å². The highest BCUT2D eigenvalue weighted by molar-refractivity contribution is 7.89. The topological polar surface area (TPSA) is 122 Å². The first-order valence-electron chi connectivity index (χ1n) is 8.60. The van der Waals surface area contributed by atoms with Gasteiger partial charge in [0, 0.05) is 19.1 Å². The second-order valence-electron chi connectivity index (χ2n) is 5.98. The Hall–Kier alpha value is -2.53. The van der Waals surface area contributed by atoms with E-state index in [1.807, 2.05) is 5.32 Å². The lowest BCUT2D eigenvalue weighted by molar-refractivity contribution is -0.123. The number of rotatable bonds is 8. The molecular formula is C17H24FN3O6S. The number of imide groups is 1. The molecule has 0 spiro atoms. The molecule has 1 aromatic rings. The summed E-state index contributed by atoms with van der Waals surface area (Å²) in [4.78, 5) is 34.8. The van der Waals surface area contributed by atoms with Crippen molar-refractivity contribution in [3.63, 3.8) is 0 Å². The number of benzene rings is 1. The highest BCUT2D eigenvalue weighted by Gasteiger charge is 2.25. The third kappa shape index (κ3) is 6.27. The predicted molar refractivity (Wildman–Crippen MR) is 98.6 cm³/mol. The van der Waals surface area contributed by atoms with E-state index in [2.05, 4.69) is 10.1 Å². The molecule has 0 fully saturated rings. The molecule has 0 bridgehead atoms. The molecule has 0 heterocycles. The van der Waals surface area contributed by atoms with Crippen LogP contribution in [-0.2, 0) is 19.6 Å². The standard InChI is InChI=1S/C17H24FN3O6S/c1-5-21(6-2)28(25,26)12-7-8-14(18)13(9-12)16(23)27-10-15(22)20-17(24)19-11(3)4/h7-9,11H,5-6,10H2,1-4H3,(H2,19,20,22,24). The van der Waals surface area contributed by atoms with Gasteiger partial charge in [0.05, 0.1) is 10.5 Å². The van der Waals surface area contributed by atoms with E-state index >= 15 is 0 Å². The van der Waals surface area contributed by atoms with Gasteiger partial charge in [-0.1, -0.05) is 13.8 Å². The van der Waals surface area contributed by atoms with Gasteiger partial charge in [-0.3, -0.25) is 10.1 Å². The minimum atomic E-state index is -3.91. The molecule has 0 radical (unpaired) electrons. The highest BCUT2D eigenvalue weighted by atomic mass is 32.2. The smallest absolute Gasteiger partial charge is 0.341 e. The van der Waals surface area contributed by atoms with Crippen LogP contribution in [0.3, 0.4) is 0 Å². The van der Waals surface area contributed by atoms with Crippen molar-refractivity contribution in [1.29, 1.82) is 0 Å². The van der Waals surface area contributed by atoms with E-state index in [4.69, 9.17) is 0 Å². The molecular weight excluding hydrogens is 393 g/mol. The highest BCUT2D eigenvalue weighted by Crippen LogP contribution is 2.19. The quantitative estimate of drug-likeness (QED) is 0.614. The number of hydrogen-bond acceptors (Lipinski definition) is 6. The average molecular weight is 417 g/mol. The molecule has 3 amide bonds. The third-order valence-electron chi connectivity index (χ3n) is 3.51. The fourth-order valence-electron chi connectivity index (χ4n) is 2.20. The Kier molecular flexibility index (Phi) is 8.51. The Morgan fingerprint density at radius 3 is 2.32 bits per heavy atom. The van der Waals surface area contributed by atoms with Crippen LogP contribution < -0.4 is 10.6 Å². The molecule has 0 aromatic heterocycles. The summed E-state index contributed by atoms with van der Waals surface area (Å²) in [5.41, 5.74) is -0.632. The van der Waals surface area contributed by atoms with Gasteiger partial charge in [0.1, 0.15) is 5.82 Å². The van der Waals surface area contributed by atoms with Crippen molar-refractivity contribution in [2.45, 2.75) is 38.6 Å². The van der Waals surface area contributed by atoms with Gasteiger partial charge in [0.15, 0.2) is 6.61 Å². The molecule has 9 nitrogen and oxygen atoms in total. The fraction of sp³-hybridized carbons (Fsp3) is 0.471. The van der Waals surface area contributed by atoms with Gasteiger partial charge < -0.3 is 10.1 Å². The lowest BCUT2D eigenvalue weighted by atomic mass is 10.2. The van der Waals surface area contributed by atoms with Crippen LogP contribution in [0.2, 0.25) is 0 Å². The van der Waals surface area contributed by atoms with Gasteiger partial charge in [0.2, 0.25) is 10.0 Å². The van der Waals surface area contributed by atoms with Crippen LogP contribution in [0.25, 0.3) is 0 Å². The summed E-state index contributed by atoms with van der Waals surface area (Å²) < 4.78 is 44.8. The van der Waals surface area contributed by atoms with Gasteiger partial charge in [0.25, 0.3) is 5.91 Å². The first kappa shape index (κ1) is 23.5. The summed E-state index contributed by atoms with van der Waals surface area (Å²) in [6.45, 7) is 6.24. The normalized spacial score (nSPS) is 11.4. The molecule has 0 aliphatic rings. The van der Waals surface area contributed by atoms with Gasteiger partial charge >= 0.3 is 12.0 Å². The summed E-state index contributed by atoms with van der Waals surface area (Å²) in [6.07, 6.45) is 0. The number of esters is 1. The minimum Gasteiger partial charge on any atom is -0.452 e. The SMILES string of the molecule is CCN(CC)S(=O)(=O)c1ccc(F)c(C(=O)OCC(=O)NC(=O)NC(C)C)c1. The zero-order valence-electron chi connectivity index (χ0n) is 16.1. The Morgan fingerprint density at radius 2 is 1.79 bits per heavy atom. The molecule has 0 unspecified atom stereocenters. The number of amides is 3. The van der Waals surface area contributed by atoms with E-state index in [0.29, 0.717) is 0 Å². The molecule has 0 aliphatic heterocycles. The largest absolute Gasteiger partial charge is 0.452 e.